The number of aryl methyl sites for hydroxylation is 1. The van der Waals surface area contributed by atoms with Gasteiger partial charge in [0, 0.05) is 0 Å². The molecule has 0 aliphatic rings. The number of hydrogen-bond acceptors (Lipinski definition) is 3. The molecular weight excluding hydrogens is 258 g/mol. The van der Waals surface area contributed by atoms with Gasteiger partial charge in [0.25, 0.3) is 0 Å². The molecule has 1 rings (SSSR count). The van der Waals surface area contributed by atoms with Crippen LogP contribution in [0.2, 0.25) is 0 Å². The van der Waals surface area contributed by atoms with Gasteiger partial charge in [-0.2, -0.15) is 8.78 Å². The first-order chi connectivity index (χ1) is 8.58. The Hall–Kier alpha value is -1.98. The van der Waals surface area contributed by atoms with E-state index in [1.54, 1.807) is 19.1 Å². The molecule has 4 nitrogen and oxygen atoms in total. The summed E-state index contributed by atoms with van der Waals surface area (Å²) in [5.74, 6) is -7.51. The third-order valence-electron chi connectivity index (χ3n) is 2.66. The molecule has 0 bridgehead atoms. The van der Waals surface area contributed by atoms with Crippen molar-refractivity contribution in [3.05, 3.63) is 35.4 Å². The smallest absolute Gasteiger partial charge is 0.380 e. The number of carboxylic acid groups (broad SMARTS) is 1. The van der Waals surface area contributed by atoms with Crippen molar-refractivity contribution >= 4 is 11.9 Å². The first-order valence-corrected chi connectivity index (χ1v) is 5.49. The molecular formula is C13H14F2O4. The maximum absolute atomic E-state index is 13.4. The van der Waals surface area contributed by atoms with Gasteiger partial charge in [-0.15, -0.1) is 0 Å². The Morgan fingerprint density at radius 1 is 1.16 bits per heavy atom. The number of carbonyl (C=O) groups is 2. The molecule has 0 amide bonds. The highest BCUT2D eigenvalue weighted by molar-refractivity contribution is 5.90. The van der Waals surface area contributed by atoms with E-state index in [1.807, 2.05) is 0 Å². The Balaban J connectivity index is 2.92. The van der Waals surface area contributed by atoms with Gasteiger partial charge in [-0.3, -0.25) is 0 Å². The molecule has 0 aliphatic heterocycles. The molecule has 0 spiro atoms. The van der Waals surface area contributed by atoms with Crippen LogP contribution in [0, 0.1) is 6.92 Å². The van der Waals surface area contributed by atoms with Crippen LogP contribution in [0.1, 0.15) is 29.8 Å². The number of aliphatic carboxylic acids is 1. The highest BCUT2D eigenvalue weighted by atomic mass is 19.3. The molecule has 0 unspecified atom stereocenters. The van der Waals surface area contributed by atoms with Crippen LogP contribution in [0.3, 0.4) is 0 Å². The lowest BCUT2D eigenvalue weighted by Crippen LogP contribution is -2.51. The van der Waals surface area contributed by atoms with Gasteiger partial charge in [0.15, 0.2) is 5.60 Å². The second-order valence-electron chi connectivity index (χ2n) is 4.65. The van der Waals surface area contributed by atoms with Gasteiger partial charge in [0.05, 0.1) is 5.56 Å². The summed E-state index contributed by atoms with van der Waals surface area (Å²) in [5.41, 5.74) is -1.47. The Labute approximate surface area is 109 Å². The van der Waals surface area contributed by atoms with Crippen molar-refractivity contribution < 1.29 is 28.2 Å². The van der Waals surface area contributed by atoms with E-state index < -0.39 is 23.5 Å². The third kappa shape index (κ3) is 3.07. The predicted octanol–water partition coefficient (Wildman–Crippen LogP) is 2.65. The number of hydrogen-bond donors (Lipinski definition) is 1. The van der Waals surface area contributed by atoms with Crippen molar-refractivity contribution in [3.8, 4) is 0 Å². The SMILES string of the molecule is Cc1ccc(C(=O)OC(C)(C)C(F)(F)C(=O)O)cc1. The molecule has 6 heteroatoms. The maximum Gasteiger partial charge on any atom is 0.380 e. The molecule has 1 aromatic rings. The number of benzene rings is 1. The molecule has 1 N–H and O–H groups in total. The Morgan fingerprint density at radius 2 is 1.63 bits per heavy atom. The predicted molar refractivity (Wildman–Crippen MR) is 63.3 cm³/mol. The number of alkyl halides is 2. The molecule has 0 atom stereocenters. The van der Waals surface area contributed by atoms with Gasteiger partial charge < -0.3 is 9.84 Å². The first kappa shape index (κ1) is 15.1. The molecule has 0 heterocycles. The average Bonchev–Trinajstić information content (AvgIpc) is 2.28. The fraction of sp³-hybridized carbons (Fsp3) is 0.385. The van der Waals surface area contributed by atoms with Crippen LogP contribution >= 0.6 is 0 Å². The summed E-state index contributed by atoms with van der Waals surface area (Å²) in [6.45, 7) is 3.51. The zero-order chi connectivity index (χ0) is 14.8. The van der Waals surface area contributed by atoms with Crippen LogP contribution in [0.15, 0.2) is 24.3 Å². The molecule has 1 aromatic carbocycles. The van der Waals surface area contributed by atoms with Crippen LogP contribution in [0.5, 0.6) is 0 Å². The lowest BCUT2D eigenvalue weighted by atomic mass is 10.0. The summed E-state index contributed by atoms with van der Waals surface area (Å²) in [7, 11) is 0. The highest BCUT2D eigenvalue weighted by Gasteiger charge is 2.56. The fourth-order valence-corrected chi connectivity index (χ4v) is 1.30. The van der Waals surface area contributed by atoms with E-state index in [1.165, 1.54) is 12.1 Å². The van der Waals surface area contributed by atoms with Gasteiger partial charge in [0.2, 0.25) is 0 Å². The second kappa shape index (κ2) is 4.95. The molecule has 19 heavy (non-hydrogen) atoms. The number of halogens is 2. The number of ether oxygens (including phenoxy) is 1. The minimum absolute atomic E-state index is 0.0832. The largest absolute Gasteiger partial charge is 0.477 e. The molecule has 0 aromatic heterocycles. The zero-order valence-corrected chi connectivity index (χ0v) is 10.7. The van der Waals surface area contributed by atoms with E-state index in [0.29, 0.717) is 0 Å². The molecule has 0 saturated heterocycles. The van der Waals surface area contributed by atoms with Crippen molar-refractivity contribution in [2.24, 2.45) is 0 Å². The monoisotopic (exact) mass is 272 g/mol. The van der Waals surface area contributed by atoms with Crippen molar-refractivity contribution in [1.29, 1.82) is 0 Å². The Kier molecular flexibility index (Phi) is 3.93. The summed E-state index contributed by atoms with van der Waals surface area (Å²) in [6, 6.07) is 6.09. The highest BCUT2D eigenvalue weighted by Crippen LogP contribution is 2.32. The number of carbonyl (C=O) groups excluding carboxylic acids is 1. The zero-order valence-electron chi connectivity index (χ0n) is 10.7. The van der Waals surface area contributed by atoms with Crippen LogP contribution in [-0.2, 0) is 9.53 Å². The summed E-state index contributed by atoms with van der Waals surface area (Å²) in [4.78, 5) is 22.2. The summed E-state index contributed by atoms with van der Waals surface area (Å²) >= 11 is 0. The van der Waals surface area contributed by atoms with E-state index in [9.17, 15) is 18.4 Å². The van der Waals surface area contributed by atoms with E-state index >= 15 is 0 Å². The van der Waals surface area contributed by atoms with Crippen molar-refractivity contribution in [1.82, 2.24) is 0 Å². The molecule has 0 radical (unpaired) electrons. The molecule has 104 valence electrons. The molecule has 0 fully saturated rings. The van der Waals surface area contributed by atoms with Gasteiger partial charge in [-0.05, 0) is 32.9 Å². The van der Waals surface area contributed by atoms with E-state index in [0.717, 1.165) is 19.4 Å². The second-order valence-corrected chi connectivity index (χ2v) is 4.65. The van der Waals surface area contributed by atoms with Crippen LogP contribution in [0.25, 0.3) is 0 Å². The van der Waals surface area contributed by atoms with Gasteiger partial charge in [0.1, 0.15) is 0 Å². The quantitative estimate of drug-likeness (QED) is 0.856. The van der Waals surface area contributed by atoms with Crippen LogP contribution in [0.4, 0.5) is 8.78 Å². The fourth-order valence-electron chi connectivity index (χ4n) is 1.30. The summed E-state index contributed by atoms with van der Waals surface area (Å²) in [5, 5.41) is 8.46. The standard InChI is InChI=1S/C13H14F2O4/c1-8-4-6-9(7-5-8)10(16)19-12(2,3)13(14,15)11(17)18/h4-7H,1-3H3,(H,17,18). The number of carboxylic acids is 1. The lowest BCUT2D eigenvalue weighted by Gasteiger charge is -2.30. The van der Waals surface area contributed by atoms with Gasteiger partial charge >= 0.3 is 17.9 Å². The van der Waals surface area contributed by atoms with Gasteiger partial charge in [-0.1, -0.05) is 17.7 Å². The molecule has 0 saturated carbocycles. The third-order valence-corrected chi connectivity index (χ3v) is 2.66. The minimum atomic E-state index is -4.17. The normalized spacial score (nSPS) is 12.1. The van der Waals surface area contributed by atoms with Crippen LogP contribution in [-0.4, -0.2) is 28.6 Å². The van der Waals surface area contributed by atoms with Crippen molar-refractivity contribution in [2.45, 2.75) is 32.3 Å². The van der Waals surface area contributed by atoms with Crippen LogP contribution < -0.4 is 0 Å². The molecule has 0 aliphatic carbocycles. The maximum atomic E-state index is 13.4. The number of esters is 1. The van der Waals surface area contributed by atoms with Crippen molar-refractivity contribution in [3.63, 3.8) is 0 Å². The summed E-state index contributed by atoms with van der Waals surface area (Å²) in [6.07, 6.45) is 0. The van der Waals surface area contributed by atoms with Crippen molar-refractivity contribution in [2.75, 3.05) is 0 Å². The number of rotatable bonds is 4. The topological polar surface area (TPSA) is 63.6 Å². The summed E-state index contributed by atoms with van der Waals surface area (Å²) < 4.78 is 31.4. The Morgan fingerprint density at radius 3 is 2.05 bits per heavy atom. The Bertz CT molecular complexity index is 492. The van der Waals surface area contributed by atoms with E-state index in [4.69, 9.17) is 5.11 Å². The minimum Gasteiger partial charge on any atom is -0.477 e. The first-order valence-electron chi connectivity index (χ1n) is 5.49. The van der Waals surface area contributed by atoms with Gasteiger partial charge in [-0.25, -0.2) is 9.59 Å². The average molecular weight is 272 g/mol. The van der Waals surface area contributed by atoms with E-state index in [2.05, 4.69) is 4.74 Å². The lowest BCUT2D eigenvalue weighted by molar-refractivity contribution is -0.200. The van der Waals surface area contributed by atoms with E-state index in [-0.39, 0.29) is 5.56 Å².